The normalized spacial score (nSPS) is 15.3. The van der Waals surface area contributed by atoms with Crippen molar-refractivity contribution >= 4 is 52.2 Å². The molecule has 150 valence electrons. The molecule has 1 fully saturated rings. The van der Waals surface area contributed by atoms with Crippen LogP contribution in [0.5, 0.6) is 5.75 Å². The number of carbonyl (C=O) groups is 3. The number of unbranched alkanes of at least 4 members (excludes halogenated alkanes) is 2. The lowest BCUT2D eigenvalue weighted by Gasteiger charge is -2.14. The van der Waals surface area contributed by atoms with Gasteiger partial charge in [0.05, 0.1) is 4.91 Å². The molecule has 0 atom stereocenters. The van der Waals surface area contributed by atoms with E-state index in [1.807, 2.05) is 0 Å². The standard InChI is InChI=1S/C19H22N2O5S2/c22-14-6-4-5-13(11-14)12-15-18(26)21(19(27)28-15)10-8-16(23)20-9-3-1-2-7-17(24)25/h4-6,11-12,22H,1-3,7-10H2,(H,20,23)(H,24,25)/b15-12-. The molecule has 7 nitrogen and oxygen atoms in total. The molecule has 0 aromatic heterocycles. The number of carbonyl (C=O) groups excluding carboxylic acids is 2. The number of aromatic hydroxyl groups is 1. The maximum atomic E-state index is 12.5. The van der Waals surface area contributed by atoms with Gasteiger partial charge in [-0.2, -0.15) is 0 Å². The van der Waals surface area contributed by atoms with Gasteiger partial charge in [0.25, 0.3) is 5.91 Å². The highest BCUT2D eigenvalue weighted by Gasteiger charge is 2.32. The van der Waals surface area contributed by atoms with Gasteiger partial charge in [-0.1, -0.05) is 42.5 Å². The summed E-state index contributed by atoms with van der Waals surface area (Å²) >= 11 is 6.41. The summed E-state index contributed by atoms with van der Waals surface area (Å²) < 4.78 is 0.401. The van der Waals surface area contributed by atoms with Gasteiger partial charge in [-0.15, -0.1) is 0 Å². The molecule has 1 aromatic carbocycles. The van der Waals surface area contributed by atoms with Crippen molar-refractivity contribution < 1.29 is 24.6 Å². The average molecular weight is 423 g/mol. The van der Waals surface area contributed by atoms with E-state index < -0.39 is 5.97 Å². The van der Waals surface area contributed by atoms with Crippen LogP contribution in [0, 0.1) is 0 Å². The van der Waals surface area contributed by atoms with Crippen molar-refractivity contribution in [2.45, 2.75) is 32.1 Å². The van der Waals surface area contributed by atoms with Crippen LogP contribution in [0.1, 0.15) is 37.7 Å². The molecule has 0 aliphatic carbocycles. The first kappa shape index (κ1) is 21.9. The third kappa shape index (κ3) is 6.97. The van der Waals surface area contributed by atoms with E-state index in [9.17, 15) is 19.5 Å². The van der Waals surface area contributed by atoms with Gasteiger partial charge in [0, 0.05) is 25.9 Å². The van der Waals surface area contributed by atoms with Gasteiger partial charge in [0.2, 0.25) is 5.91 Å². The molecule has 1 aliphatic heterocycles. The molecule has 2 amide bonds. The van der Waals surface area contributed by atoms with Gasteiger partial charge in [0.1, 0.15) is 10.1 Å². The van der Waals surface area contributed by atoms with Crippen LogP contribution < -0.4 is 5.32 Å². The lowest BCUT2D eigenvalue weighted by Crippen LogP contribution is -2.33. The number of rotatable bonds is 10. The predicted octanol–water partition coefficient (Wildman–Crippen LogP) is 2.74. The van der Waals surface area contributed by atoms with Crippen LogP contribution >= 0.6 is 24.0 Å². The number of carboxylic acids is 1. The molecule has 0 unspecified atom stereocenters. The zero-order chi connectivity index (χ0) is 20.5. The number of phenolic OH excluding ortho intramolecular Hbond substituents is 1. The molecule has 1 heterocycles. The fraction of sp³-hybridized carbons (Fsp3) is 0.368. The number of hydrogen-bond acceptors (Lipinski definition) is 6. The minimum atomic E-state index is -0.814. The Kier molecular flexibility index (Phi) is 8.46. The second-order valence-corrected chi connectivity index (χ2v) is 7.91. The number of amides is 2. The lowest BCUT2D eigenvalue weighted by molar-refractivity contribution is -0.137. The third-order valence-corrected chi connectivity index (χ3v) is 5.37. The van der Waals surface area contributed by atoms with Crippen molar-refractivity contribution in [1.29, 1.82) is 0 Å². The Hall–Kier alpha value is -2.39. The van der Waals surface area contributed by atoms with Crippen LogP contribution in [-0.4, -0.2) is 50.3 Å². The first-order chi connectivity index (χ1) is 13.4. The molecule has 1 aromatic rings. The molecule has 2 rings (SSSR count). The molecule has 28 heavy (non-hydrogen) atoms. The highest BCUT2D eigenvalue weighted by atomic mass is 32.2. The molecule has 1 saturated heterocycles. The van der Waals surface area contributed by atoms with Crippen LogP contribution in [0.15, 0.2) is 29.2 Å². The minimum Gasteiger partial charge on any atom is -0.508 e. The number of thioether (sulfide) groups is 1. The SMILES string of the molecule is O=C(O)CCCCCNC(=O)CCN1C(=O)/C(=C/c2cccc(O)c2)SC1=S. The number of hydrogen-bond donors (Lipinski definition) is 3. The van der Waals surface area contributed by atoms with E-state index in [0.29, 0.717) is 34.2 Å². The predicted molar refractivity (Wildman–Crippen MR) is 112 cm³/mol. The monoisotopic (exact) mass is 422 g/mol. The fourth-order valence-corrected chi connectivity index (χ4v) is 3.87. The molecule has 9 heteroatoms. The van der Waals surface area contributed by atoms with Crippen LogP contribution in [0.25, 0.3) is 6.08 Å². The Morgan fingerprint density at radius 3 is 2.71 bits per heavy atom. The van der Waals surface area contributed by atoms with E-state index in [0.717, 1.165) is 6.42 Å². The summed E-state index contributed by atoms with van der Waals surface area (Å²) in [4.78, 5) is 36.7. The zero-order valence-corrected chi connectivity index (χ0v) is 16.9. The molecule has 0 radical (unpaired) electrons. The Balaban J connectivity index is 1.76. The van der Waals surface area contributed by atoms with Crippen LogP contribution in [0.3, 0.4) is 0 Å². The molecule has 0 spiro atoms. The first-order valence-electron chi connectivity index (χ1n) is 8.89. The van der Waals surface area contributed by atoms with Crippen LogP contribution in [-0.2, 0) is 14.4 Å². The van der Waals surface area contributed by atoms with Gasteiger partial charge < -0.3 is 15.5 Å². The number of carboxylic acid groups (broad SMARTS) is 1. The maximum absolute atomic E-state index is 12.5. The Bertz CT molecular complexity index is 794. The van der Waals surface area contributed by atoms with Crippen molar-refractivity contribution in [2.24, 2.45) is 0 Å². The summed E-state index contributed by atoms with van der Waals surface area (Å²) in [5, 5.41) is 20.8. The topological polar surface area (TPSA) is 107 Å². The van der Waals surface area contributed by atoms with Gasteiger partial charge in [-0.3, -0.25) is 19.3 Å². The molecule has 3 N–H and O–H groups in total. The summed E-state index contributed by atoms with van der Waals surface area (Å²) in [6.07, 6.45) is 3.98. The third-order valence-electron chi connectivity index (χ3n) is 3.99. The van der Waals surface area contributed by atoms with Gasteiger partial charge >= 0.3 is 5.97 Å². The van der Waals surface area contributed by atoms with E-state index in [2.05, 4.69) is 5.32 Å². The second kappa shape index (κ2) is 10.8. The summed E-state index contributed by atoms with van der Waals surface area (Å²) in [5.41, 5.74) is 0.696. The number of nitrogens with zero attached hydrogens (tertiary/aromatic N) is 1. The maximum Gasteiger partial charge on any atom is 0.303 e. The van der Waals surface area contributed by atoms with Gasteiger partial charge in [-0.25, -0.2) is 0 Å². The lowest BCUT2D eigenvalue weighted by atomic mass is 10.2. The molecule has 0 bridgehead atoms. The van der Waals surface area contributed by atoms with E-state index in [1.165, 1.54) is 16.7 Å². The smallest absolute Gasteiger partial charge is 0.303 e. The van der Waals surface area contributed by atoms with Crippen molar-refractivity contribution in [3.63, 3.8) is 0 Å². The van der Waals surface area contributed by atoms with E-state index in [4.69, 9.17) is 17.3 Å². The number of phenols is 1. The summed E-state index contributed by atoms with van der Waals surface area (Å²) in [6, 6.07) is 6.56. The molecular formula is C19H22N2O5S2. The number of benzene rings is 1. The Labute approximate surface area is 172 Å². The van der Waals surface area contributed by atoms with E-state index >= 15 is 0 Å². The quantitative estimate of drug-likeness (QED) is 0.302. The number of aliphatic carboxylic acids is 1. The summed E-state index contributed by atoms with van der Waals surface area (Å²) in [6.45, 7) is 0.682. The molecule has 1 aliphatic rings. The van der Waals surface area contributed by atoms with Crippen molar-refractivity contribution in [1.82, 2.24) is 10.2 Å². The Morgan fingerprint density at radius 2 is 2.00 bits per heavy atom. The molecular weight excluding hydrogens is 400 g/mol. The van der Waals surface area contributed by atoms with Gasteiger partial charge in [-0.05, 0) is 36.6 Å². The molecule has 0 saturated carbocycles. The van der Waals surface area contributed by atoms with Crippen molar-refractivity contribution in [3.8, 4) is 5.75 Å². The van der Waals surface area contributed by atoms with Gasteiger partial charge in [0.15, 0.2) is 0 Å². The number of nitrogens with one attached hydrogen (secondary N) is 1. The number of thiocarbonyl (C=S) groups is 1. The highest BCUT2D eigenvalue weighted by Crippen LogP contribution is 2.32. The minimum absolute atomic E-state index is 0.115. The Morgan fingerprint density at radius 1 is 1.21 bits per heavy atom. The van der Waals surface area contributed by atoms with Crippen LogP contribution in [0.4, 0.5) is 0 Å². The summed E-state index contributed by atoms with van der Waals surface area (Å²) in [5.74, 6) is -1.13. The largest absolute Gasteiger partial charge is 0.508 e. The van der Waals surface area contributed by atoms with E-state index in [1.54, 1.807) is 30.3 Å². The first-order valence-corrected chi connectivity index (χ1v) is 10.1. The average Bonchev–Trinajstić information content (AvgIpc) is 2.89. The second-order valence-electron chi connectivity index (χ2n) is 6.23. The highest BCUT2D eigenvalue weighted by molar-refractivity contribution is 8.26. The van der Waals surface area contributed by atoms with Crippen molar-refractivity contribution in [3.05, 3.63) is 34.7 Å². The van der Waals surface area contributed by atoms with Crippen LogP contribution in [0.2, 0.25) is 0 Å². The fourth-order valence-electron chi connectivity index (χ4n) is 2.57. The zero-order valence-electron chi connectivity index (χ0n) is 15.2. The van der Waals surface area contributed by atoms with Crippen molar-refractivity contribution in [2.75, 3.05) is 13.1 Å². The van der Waals surface area contributed by atoms with E-state index in [-0.39, 0.29) is 37.0 Å². The summed E-state index contributed by atoms with van der Waals surface area (Å²) in [7, 11) is 0.